The van der Waals surface area contributed by atoms with Gasteiger partial charge in [-0.25, -0.2) is 0 Å². The van der Waals surface area contributed by atoms with E-state index in [1.165, 1.54) is 0 Å². The molecule has 0 aromatic heterocycles. The van der Waals surface area contributed by atoms with Gasteiger partial charge in [-0.3, -0.25) is 0 Å². The number of rotatable bonds is 2. The van der Waals surface area contributed by atoms with Gasteiger partial charge in [-0.15, -0.1) is 0 Å². The van der Waals surface area contributed by atoms with Crippen LogP contribution in [0.15, 0.2) is 0 Å². The summed E-state index contributed by atoms with van der Waals surface area (Å²) in [6.45, 7) is 12.2. The van der Waals surface area contributed by atoms with Crippen LogP contribution >= 0.6 is 17.9 Å². The minimum absolute atomic E-state index is 0. The third-order valence-corrected chi connectivity index (χ3v) is 1.01. The molecule has 1 unspecified atom stereocenters. The van der Waals surface area contributed by atoms with E-state index in [0.29, 0.717) is 18.4 Å². The largest absolute Gasteiger partial charge is 0.396 e. The Morgan fingerprint density at radius 1 is 1.31 bits per heavy atom. The van der Waals surface area contributed by atoms with Crippen LogP contribution in [-0.4, -0.2) is 21.5 Å². The Kier molecular flexibility index (Phi) is 27.0. The molecular formula is C9H24O3PS2Zn-. The van der Waals surface area contributed by atoms with Crippen LogP contribution in [-0.2, 0) is 31.3 Å². The molecule has 0 aromatic carbocycles. The quantitative estimate of drug-likeness (QED) is 0.270. The molecule has 98 valence electrons. The average Bonchev–Trinajstić information content (AvgIpc) is 1.99. The van der Waals surface area contributed by atoms with Crippen LogP contribution in [0.4, 0.5) is 0 Å². The molecule has 0 rings (SSSR count). The van der Waals surface area contributed by atoms with Gasteiger partial charge in [-0.05, 0) is 17.7 Å². The molecule has 1 atom stereocenters. The zero-order chi connectivity index (χ0) is 13.1. The first kappa shape index (κ1) is 26.1. The summed E-state index contributed by atoms with van der Waals surface area (Å²) in [5.74, 6) is 1.07. The molecule has 7 heteroatoms. The minimum atomic E-state index is -3.11. The molecule has 0 fully saturated rings. The predicted octanol–water partition coefficient (Wildman–Crippen LogP) is 2.62. The average molecular weight is 341 g/mol. The number of thiol groups is 1. The summed E-state index contributed by atoms with van der Waals surface area (Å²) < 4.78 is 0. The topological polar surface area (TPSA) is 60.7 Å². The van der Waals surface area contributed by atoms with Crippen molar-refractivity contribution >= 4 is 29.7 Å². The van der Waals surface area contributed by atoms with Gasteiger partial charge in [-0.1, -0.05) is 46.4 Å². The van der Waals surface area contributed by atoms with Crippen molar-refractivity contribution in [2.75, 3.05) is 6.61 Å². The van der Waals surface area contributed by atoms with Gasteiger partial charge in [0.1, 0.15) is 0 Å². The number of aliphatic hydroxyl groups excluding tert-OH is 1. The van der Waals surface area contributed by atoms with Gasteiger partial charge in [-0.2, -0.15) is 5.92 Å². The summed E-state index contributed by atoms with van der Waals surface area (Å²) in [4.78, 5) is 15.7. The maximum Gasteiger partial charge on any atom is 0.239 e. The Balaban J connectivity index is -0.0000000668. The minimum Gasteiger partial charge on any atom is -0.396 e. The fourth-order valence-electron chi connectivity index (χ4n) is 0.129. The summed E-state index contributed by atoms with van der Waals surface area (Å²) in [5, 5.41) is 8.33. The summed E-state index contributed by atoms with van der Waals surface area (Å²) in [7, 11) is 0. The number of hydrogen-bond acceptors (Lipinski definition) is 2. The van der Waals surface area contributed by atoms with E-state index in [0.717, 1.165) is 6.42 Å². The van der Waals surface area contributed by atoms with E-state index in [1.54, 1.807) is 0 Å². The second kappa shape index (κ2) is 16.5. The van der Waals surface area contributed by atoms with Crippen molar-refractivity contribution in [1.82, 2.24) is 0 Å². The molecule has 0 saturated heterocycles. The van der Waals surface area contributed by atoms with Gasteiger partial charge in [0.05, 0.1) is 0 Å². The van der Waals surface area contributed by atoms with Gasteiger partial charge in [0.25, 0.3) is 0 Å². The molecule has 3 N–H and O–H groups in total. The van der Waals surface area contributed by atoms with Crippen LogP contribution in [0.3, 0.4) is 0 Å². The SMILES string of the molecule is CCC(C)CO.OP(O)(=S)S.[CH2-]C(C)C.[Zn]. The Morgan fingerprint density at radius 3 is 1.50 bits per heavy atom. The van der Waals surface area contributed by atoms with Crippen molar-refractivity contribution in [3.8, 4) is 0 Å². The second-order valence-corrected chi connectivity index (χ2v) is 8.64. The predicted molar refractivity (Wildman–Crippen MR) is 74.4 cm³/mol. The van der Waals surface area contributed by atoms with Gasteiger partial charge >= 0.3 is 0 Å². The van der Waals surface area contributed by atoms with Crippen molar-refractivity contribution in [3.63, 3.8) is 0 Å². The maximum atomic E-state index is 8.33. The smallest absolute Gasteiger partial charge is 0.239 e. The molecule has 0 bridgehead atoms. The van der Waals surface area contributed by atoms with Crippen LogP contribution in [0.25, 0.3) is 0 Å². The first-order valence-electron chi connectivity index (χ1n) is 4.76. The molecule has 0 aliphatic rings. The summed E-state index contributed by atoms with van der Waals surface area (Å²) in [6, 6.07) is 0. The van der Waals surface area contributed by atoms with Gasteiger partial charge in [0, 0.05) is 26.1 Å². The van der Waals surface area contributed by atoms with Crippen molar-refractivity contribution in [3.05, 3.63) is 6.92 Å². The van der Waals surface area contributed by atoms with Crippen LogP contribution in [0.5, 0.6) is 0 Å². The maximum absolute atomic E-state index is 8.33. The first-order valence-corrected chi connectivity index (χ1v) is 8.62. The normalized spacial score (nSPS) is 11.4. The van der Waals surface area contributed by atoms with Gasteiger partial charge in [0.15, 0.2) is 0 Å². The van der Waals surface area contributed by atoms with E-state index >= 15 is 0 Å². The fourth-order valence-corrected chi connectivity index (χ4v) is 0.129. The summed E-state index contributed by atoms with van der Waals surface area (Å²) in [5.41, 5.74) is -3.11. The molecular weight excluding hydrogens is 317 g/mol. The number of hydrogen-bond donors (Lipinski definition) is 4. The van der Waals surface area contributed by atoms with E-state index in [4.69, 9.17) is 14.9 Å². The van der Waals surface area contributed by atoms with Gasteiger partial charge in [0.2, 0.25) is 5.69 Å². The van der Waals surface area contributed by atoms with E-state index < -0.39 is 5.69 Å². The van der Waals surface area contributed by atoms with E-state index in [2.05, 4.69) is 51.8 Å². The Morgan fingerprint density at radius 2 is 1.50 bits per heavy atom. The molecule has 0 amide bonds. The zero-order valence-corrected chi connectivity index (χ0v) is 16.2. The Hall–Kier alpha value is 1.50. The molecule has 0 aromatic rings. The fraction of sp³-hybridized carbons (Fsp3) is 0.889. The van der Waals surface area contributed by atoms with Crippen LogP contribution in [0.2, 0.25) is 0 Å². The van der Waals surface area contributed by atoms with Crippen molar-refractivity contribution in [1.29, 1.82) is 0 Å². The molecule has 0 radical (unpaired) electrons. The molecule has 16 heavy (non-hydrogen) atoms. The van der Waals surface area contributed by atoms with E-state index in [1.807, 2.05) is 6.92 Å². The summed E-state index contributed by atoms with van der Waals surface area (Å²) >= 11 is 7.07. The van der Waals surface area contributed by atoms with Crippen LogP contribution in [0.1, 0.15) is 34.1 Å². The van der Waals surface area contributed by atoms with E-state index in [-0.39, 0.29) is 19.5 Å². The monoisotopic (exact) mass is 339 g/mol. The molecule has 0 saturated carbocycles. The van der Waals surface area contributed by atoms with E-state index in [9.17, 15) is 0 Å². The molecule has 0 heterocycles. The molecule has 0 aliphatic carbocycles. The van der Waals surface area contributed by atoms with Crippen molar-refractivity contribution < 1.29 is 34.4 Å². The third-order valence-electron chi connectivity index (χ3n) is 1.01. The van der Waals surface area contributed by atoms with Crippen molar-refractivity contribution in [2.45, 2.75) is 34.1 Å². The molecule has 0 spiro atoms. The Labute approximate surface area is 123 Å². The summed E-state index contributed by atoms with van der Waals surface area (Å²) in [6.07, 6.45) is 1.08. The second-order valence-electron chi connectivity index (χ2n) is 3.60. The molecule has 3 nitrogen and oxygen atoms in total. The third kappa shape index (κ3) is 108. The van der Waals surface area contributed by atoms with Crippen LogP contribution < -0.4 is 0 Å². The zero-order valence-electron chi connectivity index (χ0n) is 10.6. The standard InChI is InChI=1S/C5H12O.C4H9.H3O2PS2.Zn/c1-3-5(2)4-6;1-4(2)3;1-3(2,4)5;/h5-6H,3-4H2,1-2H3;4H,1H2,2-3H3;(H3,1,2,4,5);/q;-1;;. The first-order chi connectivity index (χ1) is 6.54. The molecule has 0 aliphatic heterocycles. The number of aliphatic hydroxyl groups is 1. The van der Waals surface area contributed by atoms with Crippen molar-refractivity contribution in [2.24, 2.45) is 11.8 Å². The van der Waals surface area contributed by atoms with Crippen LogP contribution in [0, 0.1) is 18.8 Å². The van der Waals surface area contributed by atoms with Gasteiger partial charge < -0.3 is 21.8 Å². The Bertz CT molecular complexity index is 150.